The SMILES string of the molecule is N#CCCOC[C@@H](OCCC#N)[C@H](OCCC#N)[C@H](OCCC#N)[C@@H](COCCC#N)OCCC#N. The van der Waals surface area contributed by atoms with Gasteiger partial charge in [-0.2, -0.15) is 31.6 Å². The maximum atomic E-state index is 9.00. The predicted octanol–water partition coefficient (Wildman–Crippen LogP) is 2.04. The number of rotatable bonds is 23. The van der Waals surface area contributed by atoms with Crippen LogP contribution in [-0.2, 0) is 28.4 Å². The minimum Gasteiger partial charge on any atom is -0.378 e. The second kappa shape index (κ2) is 24.8. The topological polar surface area (TPSA) is 198 Å². The fraction of sp³-hybridized carbons (Fsp3) is 0.750. The monoisotopic (exact) mass is 500 g/mol. The average molecular weight is 501 g/mol. The Balaban J connectivity index is 6.02. The Morgan fingerprint density at radius 1 is 0.389 bits per heavy atom. The summed E-state index contributed by atoms with van der Waals surface area (Å²) in [5.74, 6) is 0. The molecule has 0 unspecified atom stereocenters. The zero-order valence-corrected chi connectivity index (χ0v) is 20.3. The van der Waals surface area contributed by atoms with Gasteiger partial charge in [0.1, 0.15) is 24.4 Å². The van der Waals surface area contributed by atoms with Gasteiger partial charge < -0.3 is 28.4 Å². The van der Waals surface area contributed by atoms with Crippen molar-refractivity contribution in [1.82, 2.24) is 0 Å². The van der Waals surface area contributed by atoms with Crippen LogP contribution in [-0.4, -0.2) is 77.3 Å². The molecular weight excluding hydrogens is 468 g/mol. The minimum atomic E-state index is -0.871. The van der Waals surface area contributed by atoms with Gasteiger partial charge in [0.2, 0.25) is 0 Å². The van der Waals surface area contributed by atoms with E-state index in [1.165, 1.54) is 0 Å². The van der Waals surface area contributed by atoms with Gasteiger partial charge in [-0.15, -0.1) is 0 Å². The van der Waals surface area contributed by atoms with Crippen molar-refractivity contribution in [2.75, 3.05) is 52.9 Å². The lowest BCUT2D eigenvalue weighted by Crippen LogP contribution is -2.52. The second-order valence-electron chi connectivity index (χ2n) is 7.09. The third-order valence-electron chi connectivity index (χ3n) is 4.48. The van der Waals surface area contributed by atoms with Gasteiger partial charge >= 0.3 is 0 Å². The van der Waals surface area contributed by atoms with E-state index >= 15 is 0 Å². The van der Waals surface area contributed by atoms with Gasteiger partial charge in [-0.25, -0.2) is 0 Å². The summed E-state index contributed by atoms with van der Waals surface area (Å²) >= 11 is 0. The first-order valence-electron chi connectivity index (χ1n) is 11.5. The Morgan fingerprint density at radius 2 is 0.667 bits per heavy atom. The van der Waals surface area contributed by atoms with E-state index in [0.717, 1.165) is 0 Å². The van der Waals surface area contributed by atoms with Crippen molar-refractivity contribution in [3.63, 3.8) is 0 Å². The number of hydrogen-bond acceptors (Lipinski definition) is 12. The highest BCUT2D eigenvalue weighted by Crippen LogP contribution is 2.21. The van der Waals surface area contributed by atoms with Crippen LogP contribution in [0, 0.1) is 68.0 Å². The first kappa shape index (κ1) is 32.7. The van der Waals surface area contributed by atoms with E-state index in [9.17, 15) is 0 Å². The van der Waals surface area contributed by atoms with Crippen LogP contribution in [0.5, 0.6) is 0 Å². The molecule has 12 heteroatoms. The Bertz CT molecular complexity index is 748. The van der Waals surface area contributed by atoms with Crippen LogP contribution in [0.25, 0.3) is 0 Å². The summed E-state index contributed by atoms with van der Waals surface area (Å²) < 4.78 is 35.0. The molecule has 0 N–H and O–H groups in total. The molecule has 0 bridgehead atoms. The molecule has 0 aromatic heterocycles. The van der Waals surface area contributed by atoms with Crippen LogP contribution >= 0.6 is 0 Å². The van der Waals surface area contributed by atoms with Crippen LogP contribution in [0.15, 0.2) is 0 Å². The third-order valence-corrected chi connectivity index (χ3v) is 4.48. The van der Waals surface area contributed by atoms with E-state index in [-0.39, 0.29) is 91.4 Å². The number of ether oxygens (including phenoxy) is 6. The maximum absolute atomic E-state index is 9.00. The Hall–Kier alpha value is -3.30. The molecule has 0 spiro atoms. The van der Waals surface area contributed by atoms with Crippen LogP contribution in [0.4, 0.5) is 0 Å². The molecule has 0 aliphatic carbocycles. The van der Waals surface area contributed by atoms with E-state index in [0.29, 0.717) is 0 Å². The predicted molar refractivity (Wildman–Crippen MR) is 122 cm³/mol. The molecule has 0 rings (SSSR count). The molecule has 0 radical (unpaired) electrons. The van der Waals surface area contributed by atoms with E-state index in [1.54, 1.807) is 0 Å². The highest BCUT2D eigenvalue weighted by Gasteiger charge is 2.38. The standard InChI is InChI=1S/C24H32N6O6/c25-7-1-13-31-19-21(33-15-3-9-27)23(35-17-5-11-29)24(36-18-6-12-30)22(34-16-4-10-28)20-32-14-2-8-26/h21-24H,1-6,13-20H2/t21-,22-,23-,24+/m1/s1. The number of nitrogens with zero attached hydrogens (tertiary/aromatic N) is 6. The third kappa shape index (κ3) is 16.3. The summed E-state index contributed by atoms with van der Waals surface area (Å²) in [5.41, 5.74) is 0. The Kier molecular flexibility index (Phi) is 22.5. The Morgan fingerprint density at radius 3 is 0.972 bits per heavy atom. The maximum Gasteiger partial charge on any atom is 0.115 e. The molecular formula is C24H32N6O6. The molecule has 0 aliphatic heterocycles. The smallest absolute Gasteiger partial charge is 0.115 e. The zero-order chi connectivity index (χ0) is 26.7. The van der Waals surface area contributed by atoms with Crippen LogP contribution < -0.4 is 0 Å². The summed E-state index contributed by atoms with van der Waals surface area (Å²) in [7, 11) is 0. The fourth-order valence-electron chi connectivity index (χ4n) is 2.93. The summed E-state index contributed by atoms with van der Waals surface area (Å²) in [4.78, 5) is 0. The normalized spacial score (nSPS) is 13.5. The largest absolute Gasteiger partial charge is 0.378 e. The van der Waals surface area contributed by atoms with E-state index in [2.05, 4.69) is 0 Å². The molecule has 0 saturated heterocycles. The Labute approximate surface area is 212 Å². The summed E-state index contributed by atoms with van der Waals surface area (Å²) in [6.45, 7) is 0.531. The molecule has 0 aromatic carbocycles. The van der Waals surface area contributed by atoms with Gasteiger partial charge in [0.15, 0.2) is 0 Å². The fourth-order valence-corrected chi connectivity index (χ4v) is 2.93. The van der Waals surface area contributed by atoms with E-state index in [1.807, 2.05) is 36.4 Å². The molecule has 0 heterocycles. The highest BCUT2D eigenvalue weighted by atomic mass is 16.6. The van der Waals surface area contributed by atoms with Gasteiger partial charge in [0, 0.05) is 0 Å². The van der Waals surface area contributed by atoms with Gasteiger partial charge in [-0.3, -0.25) is 0 Å². The average Bonchev–Trinajstić information content (AvgIpc) is 2.88. The van der Waals surface area contributed by atoms with Crippen molar-refractivity contribution in [3.8, 4) is 36.4 Å². The van der Waals surface area contributed by atoms with E-state index in [4.69, 9.17) is 60.0 Å². The van der Waals surface area contributed by atoms with Crippen molar-refractivity contribution in [1.29, 1.82) is 31.6 Å². The molecule has 0 saturated carbocycles. The van der Waals surface area contributed by atoms with Crippen LogP contribution in [0.1, 0.15) is 38.5 Å². The summed E-state index contributed by atoms with van der Waals surface area (Å²) in [6, 6.07) is 12.0. The first-order valence-corrected chi connectivity index (χ1v) is 11.5. The van der Waals surface area contributed by atoms with Crippen molar-refractivity contribution < 1.29 is 28.4 Å². The highest BCUT2D eigenvalue weighted by molar-refractivity contribution is 4.88. The van der Waals surface area contributed by atoms with Crippen molar-refractivity contribution in [3.05, 3.63) is 0 Å². The van der Waals surface area contributed by atoms with Crippen LogP contribution in [0.3, 0.4) is 0 Å². The lowest BCUT2D eigenvalue weighted by Gasteiger charge is -2.37. The lowest BCUT2D eigenvalue weighted by atomic mass is 10.0. The lowest BCUT2D eigenvalue weighted by molar-refractivity contribution is -0.195. The van der Waals surface area contributed by atoms with Gasteiger partial charge in [-0.1, -0.05) is 0 Å². The summed E-state index contributed by atoms with van der Waals surface area (Å²) in [6.07, 6.45) is -2.57. The van der Waals surface area contributed by atoms with E-state index < -0.39 is 24.4 Å². The number of nitriles is 6. The van der Waals surface area contributed by atoms with Gasteiger partial charge in [0.25, 0.3) is 0 Å². The molecule has 4 atom stereocenters. The zero-order valence-electron chi connectivity index (χ0n) is 20.3. The van der Waals surface area contributed by atoms with Crippen molar-refractivity contribution in [2.45, 2.75) is 62.9 Å². The van der Waals surface area contributed by atoms with Gasteiger partial charge in [0.05, 0.1) is 128 Å². The second-order valence-corrected chi connectivity index (χ2v) is 7.09. The molecule has 0 amide bonds. The van der Waals surface area contributed by atoms with Crippen molar-refractivity contribution >= 4 is 0 Å². The molecule has 0 aromatic rings. The first-order chi connectivity index (χ1) is 17.7. The molecule has 36 heavy (non-hydrogen) atoms. The molecule has 12 nitrogen and oxygen atoms in total. The van der Waals surface area contributed by atoms with Gasteiger partial charge in [-0.05, 0) is 0 Å². The number of hydrogen-bond donors (Lipinski definition) is 0. The minimum absolute atomic E-state index is 0.00262. The van der Waals surface area contributed by atoms with Crippen molar-refractivity contribution in [2.24, 2.45) is 0 Å². The summed E-state index contributed by atoms with van der Waals surface area (Å²) in [5, 5.41) is 53.4. The quantitative estimate of drug-likeness (QED) is 0.185. The molecule has 0 aliphatic rings. The molecule has 194 valence electrons. The van der Waals surface area contributed by atoms with Crippen LogP contribution in [0.2, 0.25) is 0 Å². The molecule has 0 fully saturated rings.